The molecule has 2 heterocycles. The number of aliphatic hydroxyl groups is 2. The van der Waals surface area contributed by atoms with Gasteiger partial charge in [0, 0.05) is 18.0 Å². The molecule has 0 radical (unpaired) electrons. The highest BCUT2D eigenvalue weighted by atomic mass is 32.1. The number of benzene rings is 2. The molecule has 47 heavy (non-hydrogen) atoms. The molecule has 2 aromatic carbocycles. The lowest BCUT2D eigenvalue weighted by atomic mass is 9.73. The Morgan fingerprint density at radius 2 is 1.72 bits per heavy atom. The minimum absolute atomic E-state index is 0.0218. The molecule has 0 bridgehead atoms. The Balaban J connectivity index is 0.970. The number of aromatic nitrogens is 2. The number of nitrogens with one attached hydrogen (secondary N) is 2. The number of thiazole rings is 1. The molecule has 5 N–H and O–H groups in total. The molecule has 1 fully saturated rings. The van der Waals surface area contributed by atoms with Crippen LogP contribution in [-0.4, -0.2) is 63.5 Å². The van der Waals surface area contributed by atoms with Crippen LogP contribution in [-0.2, 0) is 12.1 Å². The van der Waals surface area contributed by atoms with Gasteiger partial charge >= 0.3 is 4.87 Å². The summed E-state index contributed by atoms with van der Waals surface area (Å²) in [7, 11) is 4.47. The lowest BCUT2D eigenvalue weighted by molar-refractivity contribution is -0.904. The summed E-state index contributed by atoms with van der Waals surface area (Å²) in [4.78, 5) is 18.8. The average molecular weight is 666 g/mol. The van der Waals surface area contributed by atoms with Gasteiger partial charge in [-0.25, -0.2) is 4.98 Å². The molecule has 4 aromatic rings. The van der Waals surface area contributed by atoms with E-state index in [0.717, 1.165) is 91.7 Å². The average Bonchev–Trinajstić information content (AvgIpc) is 3.70. The first-order chi connectivity index (χ1) is 22.7. The summed E-state index contributed by atoms with van der Waals surface area (Å²) in [5, 5.41) is 36.0. The lowest BCUT2D eigenvalue weighted by Gasteiger charge is -2.36. The van der Waals surface area contributed by atoms with Crippen LogP contribution in [0.15, 0.2) is 57.9 Å². The quantitative estimate of drug-likeness (QED) is 0.0588. The van der Waals surface area contributed by atoms with Gasteiger partial charge in [0.05, 0.1) is 37.6 Å². The van der Waals surface area contributed by atoms with Crippen LogP contribution in [0.25, 0.3) is 10.2 Å². The van der Waals surface area contributed by atoms with Crippen LogP contribution in [0.4, 0.5) is 0 Å². The molecule has 1 saturated carbocycles. The van der Waals surface area contributed by atoms with Crippen molar-refractivity contribution in [1.29, 1.82) is 0 Å². The number of oxazole rings is 1. The fourth-order valence-corrected chi connectivity index (χ4v) is 8.05. The Hall–Kier alpha value is -3.02. The molecule has 1 unspecified atom stereocenters. The largest absolute Gasteiger partial charge is 0.506 e. The van der Waals surface area contributed by atoms with Crippen molar-refractivity contribution in [1.82, 2.24) is 15.3 Å². The Kier molecular flexibility index (Phi) is 12.3. The number of aromatic amines is 1. The molecule has 1 aliphatic carbocycles. The number of hydrogen-bond acceptors (Lipinski definition) is 8. The maximum atomic E-state index is 12.1. The summed E-state index contributed by atoms with van der Waals surface area (Å²) >= 11 is 1.01. The number of aliphatic hydroxyl groups excluding tert-OH is 1. The number of phenols is 1. The minimum atomic E-state index is -1.19. The standard InChI is InChI=1S/C37H52N4O5S/c1-41(2,26-29-24-39-35(46-29)37(45,27-16-10-8-11-17-27)28-18-12-9-13-19-28)23-15-7-5-3-4-6-14-22-38-25-32(43)30-20-21-31(42)33-34(30)47-36(44)40-33/h8,10-11,16-17,20-21,24,28,32,38,43,45H,3-7,9,12-15,18-19,22-23,25-26H2,1-2H3,(H-,40,42,44)/p+1/t32-,37?/m1/s1. The predicted octanol–water partition coefficient (Wildman–Crippen LogP) is 6.73. The first-order valence-corrected chi connectivity index (χ1v) is 18.3. The minimum Gasteiger partial charge on any atom is -0.506 e. The van der Waals surface area contributed by atoms with Crippen molar-refractivity contribution in [2.45, 2.75) is 95.3 Å². The van der Waals surface area contributed by atoms with E-state index in [1.54, 1.807) is 6.07 Å². The number of aromatic hydroxyl groups is 1. The van der Waals surface area contributed by atoms with Crippen LogP contribution < -0.4 is 10.2 Å². The van der Waals surface area contributed by atoms with Crippen molar-refractivity contribution in [3.05, 3.63) is 81.1 Å². The number of H-pyrrole nitrogens is 1. The number of quaternary nitrogens is 1. The highest BCUT2D eigenvalue weighted by Crippen LogP contribution is 2.43. The molecule has 10 heteroatoms. The van der Waals surface area contributed by atoms with Crippen LogP contribution in [0.3, 0.4) is 0 Å². The smallest absolute Gasteiger partial charge is 0.305 e. The Morgan fingerprint density at radius 3 is 2.47 bits per heavy atom. The Labute approximate surface area is 282 Å². The molecular formula is C37H53N4O5S+. The number of phenolic OH excluding ortho intramolecular Hbond substituents is 1. The normalized spacial score (nSPS) is 16.4. The fourth-order valence-electron chi connectivity index (χ4n) is 7.13. The molecule has 2 atom stereocenters. The Morgan fingerprint density at radius 1 is 1.02 bits per heavy atom. The van der Waals surface area contributed by atoms with Crippen LogP contribution in [0.1, 0.15) is 106 Å². The second-order valence-electron chi connectivity index (χ2n) is 14.0. The third-order valence-electron chi connectivity index (χ3n) is 9.78. The maximum absolute atomic E-state index is 12.1. The number of rotatable bonds is 18. The number of fused-ring (bicyclic) bond motifs is 1. The predicted molar refractivity (Wildman–Crippen MR) is 187 cm³/mol. The van der Waals surface area contributed by atoms with Crippen LogP contribution in [0, 0.1) is 5.92 Å². The van der Waals surface area contributed by atoms with Crippen molar-refractivity contribution in [3.8, 4) is 5.75 Å². The van der Waals surface area contributed by atoms with Crippen molar-refractivity contribution in [3.63, 3.8) is 0 Å². The van der Waals surface area contributed by atoms with Gasteiger partial charge in [-0.2, -0.15) is 0 Å². The zero-order valence-corrected chi connectivity index (χ0v) is 28.9. The summed E-state index contributed by atoms with van der Waals surface area (Å²) < 4.78 is 7.76. The van der Waals surface area contributed by atoms with Gasteiger partial charge in [-0.3, -0.25) is 4.79 Å². The lowest BCUT2D eigenvalue weighted by Crippen LogP contribution is -2.39. The number of unbranched alkanes of at least 4 members (excludes halogenated alkanes) is 6. The van der Waals surface area contributed by atoms with Gasteiger partial charge in [0.25, 0.3) is 0 Å². The van der Waals surface area contributed by atoms with Crippen molar-refractivity contribution in [2.24, 2.45) is 5.92 Å². The maximum Gasteiger partial charge on any atom is 0.305 e. The summed E-state index contributed by atoms with van der Waals surface area (Å²) in [6, 6.07) is 13.1. The van der Waals surface area contributed by atoms with E-state index in [0.29, 0.717) is 28.2 Å². The fraction of sp³-hybridized carbons (Fsp3) is 0.568. The van der Waals surface area contributed by atoms with Crippen LogP contribution >= 0.6 is 11.3 Å². The van der Waals surface area contributed by atoms with E-state index in [2.05, 4.69) is 29.4 Å². The van der Waals surface area contributed by atoms with E-state index in [9.17, 15) is 20.1 Å². The topological polar surface area (TPSA) is 132 Å². The second kappa shape index (κ2) is 16.4. The number of nitrogens with zero attached hydrogens (tertiary/aromatic N) is 2. The molecule has 256 valence electrons. The van der Waals surface area contributed by atoms with E-state index in [-0.39, 0.29) is 16.5 Å². The van der Waals surface area contributed by atoms with Gasteiger partial charge in [0.15, 0.2) is 11.4 Å². The van der Waals surface area contributed by atoms with Crippen LogP contribution in [0.2, 0.25) is 0 Å². The van der Waals surface area contributed by atoms with Gasteiger partial charge in [0.2, 0.25) is 5.89 Å². The first kappa shape index (κ1) is 35.3. The molecule has 9 nitrogen and oxygen atoms in total. The summed E-state index contributed by atoms with van der Waals surface area (Å²) in [6.45, 7) is 3.04. The molecule has 2 aromatic heterocycles. The van der Waals surface area contributed by atoms with Crippen molar-refractivity contribution >= 4 is 21.6 Å². The SMILES string of the molecule is C[N+](C)(CCCCCCCCCNC[C@@H](O)c1ccc(O)c2[nH]c(=O)sc12)Cc1cnc(C(O)(c2ccccc2)C2CCCCC2)o1. The molecule has 0 spiro atoms. The van der Waals surface area contributed by atoms with E-state index >= 15 is 0 Å². The van der Waals surface area contributed by atoms with E-state index in [1.165, 1.54) is 38.2 Å². The summed E-state index contributed by atoms with van der Waals surface area (Å²) in [6.07, 6.45) is 14.7. The molecule has 1 aliphatic rings. The van der Waals surface area contributed by atoms with Crippen molar-refractivity contribution < 1.29 is 24.2 Å². The zero-order chi connectivity index (χ0) is 33.3. The Bertz CT molecular complexity index is 1590. The summed E-state index contributed by atoms with van der Waals surface area (Å²) in [5.41, 5.74) is 0.729. The van der Waals surface area contributed by atoms with Crippen molar-refractivity contribution in [2.75, 3.05) is 33.7 Å². The highest BCUT2D eigenvalue weighted by Gasteiger charge is 2.44. The molecule has 0 saturated heterocycles. The summed E-state index contributed by atoms with van der Waals surface area (Å²) in [5.74, 6) is 1.40. The number of hydrogen-bond donors (Lipinski definition) is 5. The van der Waals surface area contributed by atoms with Crippen LogP contribution in [0.5, 0.6) is 5.75 Å². The van der Waals surface area contributed by atoms with Gasteiger partial charge < -0.3 is 34.5 Å². The molecule has 5 rings (SSSR count). The molecule has 0 amide bonds. The third kappa shape index (κ3) is 9.12. The molecule has 0 aliphatic heterocycles. The molecular weight excluding hydrogens is 612 g/mol. The van der Waals surface area contributed by atoms with Gasteiger partial charge in [-0.15, -0.1) is 0 Å². The van der Waals surface area contributed by atoms with E-state index in [4.69, 9.17) is 4.42 Å². The third-order valence-corrected chi connectivity index (χ3v) is 10.7. The van der Waals surface area contributed by atoms with E-state index < -0.39 is 11.7 Å². The van der Waals surface area contributed by atoms with E-state index in [1.807, 2.05) is 36.5 Å². The van der Waals surface area contributed by atoms with Gasteiger partial charge in [-0.05, 0) is 50.3 Å². The monoisotopic (exact) mass is 665 g/mol. The first-order valence-electron chi connectivity index (χ1n) is 17.5. The second-order valence-corrected chi connectivity index (χ2v) is 15.0. The van der Waals surface area contributed by atoms with Gasteiger partial charge in [0.1, 0.15) is 17.8 Å². The highest BCUT2D eigenvalue weighted by molar-refractivity contribution is 7.16. The zero-order valence-electron chi connectivity index (χ0n) is 28.0. The van der Waals surface area contributed by atoms with Gasteiger partial charge in [-0.1, -0.05) is 92.7 Å².